The van der Waals surface area contributed by atoms with Gasteiger partial charge in [-0.3, -0.25) is 4.79 Å². The van der Waals surface area contributed by atoms with Crippen LogP contribution in [0, 0.1) is 17.8 Å². The summed E-state index contributed by atoms with van der Waals surface area (Å²) in [6.45, 7) is 10.7. The van der Waals surface area contributed by atoms with Gasteiger partial charge in [0, 0.05) is 17.5 Å². The number of rotatable bonds is 4. The highest BCUT2D eigenvalue weighted by Gasteiger charge is 2.36. The van der Waals surface area contributed by atoms with Crippen molar-refractivity contribution in [2.75, 3.05) is 0 Å². The Morgan fingerprint density at radius 1 is 1.28 bits per heavy atom. The van der Waals surface area contributed by atoms with Crippen LogP contribution in [-0.2, 0) is 4.79 Å². The molecule has 0 radical (unpaired) electrons. The zero-order chi connectivity index (χ0) is 13.9. The van der Waals surface area contributed by atoms with Gasteiger partial charge in [0.1, 0.15) is 0 Å². The summed E-state index contributed by atoms with van der Waals surface area (Å²) in [5, 5.41) is 3.20. The van der Waals surface area contributed by atoms with E-state index in [1.165, 1.54) is 0 Å². The average Bonchev–Trinajstić information content (AvgIpc) is 2.22. The van der Waals surface area contributed by atoms with Gasteiger partial charge in [-0.25, -0.2) is 0 Å². The normalized spacial score (nSPS) is 33.2. The van der Waals surface area contributed by atoms with Crippen molar-refractivity contribution in [2.45, 2.75) is 71.9 Å². The van der Waals surface area contributed by atoms with Gasteiger partial charge in [0.05, 0.1) is 0 Å². The van der Waals surface area contributed by atoms with Crippen LogP contribution in [-0.4, -0.2) is 17.5 Å². The number of carbonyl (C=O) groups is 1. The van der Waals surface area contributed by atoms with Crippen molar-refractivity contribution in [1.29, 1.82) is 0 Å². The van der Waals surface area contributed by atoms with Crippen LogP contribution in [0.1, 0.15) is 60.3 Å². The van der Waals surface area contributed by atoms with Gasteiger partial charge in [-0.2, -0.15) is 0 Å². The number of hydrogen-bond donors (Lipinski definition) is 2. The van der Waals surface area contributed by atoms with Crippen molar-refractivity contribution >= 4 is 5.91 Å². The molecule has 1 saturated carbocycles. The molecule has 0 aromatic carbocycles. The molecule has 1 rings (SSSR count). The van der Waals surface area contributed by atoms with Gasteiger partial charge in [-0.1, -0.05) is 27.2 Å². The minimum Gasteiger partial charge on any atom is -0.351 e. The van der Waals surface area contributed by atoms with Crippen molar-refractivity contribution in [1.82, 2.24) is 5.32 Å². The summed E-state index contributed by atoms with van der Waals surface area (Å²) in [5.41, 5.74) is 6.01. The SMILES string of the molecule is CCCC(C)(C)NC(=O)C1CC(N)C(C)CC1C. The third-order valence-electron chi connectivity index (χ3n) is 4.36. The highest BCUT2D eigenvalue weighted by Crippen LogP contribution is 2.33. The molecule has 1 fully saturated rings. The van der Waals surface area contributed by atoms with Crippen molar-refractivity contribution < 1.29 is 4.79 Å². The lowest BCUT2D eigenvalue weighted by Gasteiger charge is -2.38. The van der Waals surface area contributed by atoms with Crippen LogP contribution >= 0.6 is 0 Å². The maximum absolute atomic E-state index is 12.4. The smallest absolute Gasteiger partial charge is 0.223 e. The number of nitrogens with one attached hydrogen (secondary N) is 1. The van der Waals surface area contributed by atoms with E-state index < -0.39 is 0 Å². The molecule has 0 aromatic heterocycles. The van der Waals surface area contributed by atoms with Crippen molar-refractivity contribution in [3.8, 4) is 0 Å². The van der Waals surface area contributed by atoms with E-state index in [4.69, 9.17) is 5.73 Å². The van der Waals surface area contributed by atoms with Crippen LogP contribution in [0.2, 0.25) is 0 Å². The van der Waals surface area contributed by atoms with Crippen molar-refractivity contribution in [2.24, 2.45) is 23.5 Å². The molecule has 3 heteroatoms. The standard InChI is InChI=1S/C15H30N2O/c1-6-7-15(4,5)17-14(18)12-9-13(16)11(3)8-10(12)2/h10-13H,6-9,16H2,1-5H3,(H,17,18). The van der Waals surface area contributed by atoms with Crippen LogP contribution in [0.15, 0.2) is 0 Å². The van der Waals surface area contributed by atoms with E-state index in [1.54, 1.807) is 0 Å². The Hall–Kier alpha value is -0.570. The van der Waals surface area contributed by atoms with Crippen LogP contribution in [0.25, 0.3) is 0 Å². The van der Waals surface area contributed by atoms with Gasteiger partial charge in [-0.05, 0) is 44.9 Å². The first kappa shape index (κ1) is 15.5. The molecule has 0 spiro atoms. The van der Waals surface area contributed by atoms with E-state index >= 15 is 0 Å². The average molecular weight is 254 g/mol. The van der Waals surface area contributed by atoms with Gasteiger partial charge in [0.25, 0.3) is 0 Å². The first-order valence-electron chi connectivity index (χ1n) is 7.34. The van der Waals surface area contributed by atoms with Crippen LogP contribution in [0.3, 0.4) is 0 Å². The van der Waals surface area contributed by atoms with Crippen molar-refractivity contribution in [3.63, 3.8) is 0 Å². The molecule has 1 aliphatic rings. The fraction of sp³-hybridized carbons (Fsp3) is 0.933. The lowest BCUT2D eigenvalue weighted by Crippen LogP contribution is -2.50. The predicted octanol–water partition coefficient (Wildman–Crippen LogP) is 2.69. The van der Waals surface area contributed by atoms with E-state index in [2.05, 4.69) is 39.9 Å². The Labute approximate surface area is 112 Å². The van der Waals surface area contributed by atoms with E-state index in [9.17, 15) is 4.79 Å². The maximum atomic E-state index is 12.4. The summed E-state index contributed by atoms with van der Waals surface area (Å²) < 4.78 is 0. The summed E-state index contributed by atoms with van der Waals surface area (Å²) in [6, 6.07) is 0.172. The Kier molecular flexibility index (Phi) is 5.20. The molecular weight excluding hydrogens is 224 g/mol. The van der Waals surface area contributed by atoms with E-state index in [-0.39, 0.29) is 23.4 Å². The van der Waals surface area contributed by atoms with E-state index in [0.717, 1.165) is 25.7 Å². The second kappa shape index (κ2) is 6.05. The molecule has 0 aliphatic heterocycles. The first-order chi connectivity index (χ1) is 8.26. The highest BCUT2D eigenvalue weighted by molar-refractivity contribution is 5.79. The fourth-order valence-corrected chi connectivity index (χ4v) is 3.16. The van der Waals surface area contributed by atoms with Gasteiger partial charge in [0.15, 0.2) is 0 Å². The third-order valence-corrected chi connectivity index (χ3v) is 4.36. The Bertz CT molecular complexity index is 288. The van der Waals surface area contributed by atoms with Gasteiger partial charge in [0.2, 0.25) is 5.91 Å². The number of amides is 1. The maximum Gasteiger partial charge on any atom is 0.223 e. The monoisotopic (exact) mass is 254 g/mol. The summed E-state index contributed by atoms with van der Waals surface area (Å²) in [7, 11) is 0. The minimum absolute atomic E-state index is 0.0901. The lowest BCUT2D eigenvalue weighted by molar-refractivity contribution is -0.130. The molecule has 0 bridgehead atoms. The van der Waals surface area contributed by atoms with Gasteiger partial charge >= 0.3 is 0 Å². The molecule has 18 heavy (non-hydrogen) atoms. The van der Waals surface area contributed by atoms with Gasteiger partial charge < -0.3 is 11.1 Å². The Morgan fingerprint density at radius 3 is 2.44 bits per heavy atom. The summed E-state index contributed by atoms with van der Waals surface area (Å²) in [6.07, 6.45) is 4.00. The first-order valence-corrected chi connectivity index (χ1v) is 7.34. The third kappa shape index (κ3) is 3.98. The van der Waals surface area contributed by atoms with Crippen LogP contribution in [0.5, 0.6) is 0 Å². The second-order valence-corrected chi connectivity index (χ2v) is 6.82. The Morgan fingerprint density at radius 2 is 1.89 bits per heavy atom. The molecule has 3 N–H and O–H groups in total. The molecule has 0 saturated heterocycles. The molecule has 4 unspecified atom stereocenters. The molecule has 1 aliphatic carbocycles. The summed E-state index contributed by atoms with van der Waals surface area (Å²) in [4.78, 5) is 12.4. The summed E-state index contributed by atoms with van der Waals surface area (Å²) in [5.74, 6) is 1.26. The summed E-state index contributed by atoms with van der Waals surface area (Å²) >= 11 is 0. The molecule has 106 valence electrons. The second-order valence-electron chi connectivity index (χ2n) is 6.82. The predicted molar refractivity (Wildman–Crippen MR) is 76.2 cm³/mol. The van der Waals surface area contributed by atoms with Crippen LogP contribution < -0.4 is 11.1 Å². The Balaban J connectivity index is 2.61. The molecule has 0 aromatic rings. The molecular formula is C15H30N2O. The minimum atomic E-state index is -0.0985. The number of nitrogens with two attached hydrogens (primary N) is 1. The number of carbonyl (C=O) groups excluding carboxylic acids is 1. The molecule has 4 atom stereocenters. The zero-order valence-corrected chi connectivity index (χ0v) is 12.6. The fourth-order valence-electron chi connectivity index (χ4n) is 3.16. The van der Waals surface area contributed by atoms with Crippen LogP contribution in [0.4, 0.5) is 0 Å². The zero-order valence-electron chi connectivity index (χ0n) is 12.6. The highest BCUT2D eigenvalue weighted by atomic mass is 16.2. The van der Waals surface area contributed by atoms with Gasteiger partial charge in [-0.15, -0.1) is 0 Å². The van der Waals surface area contributed by atoms with E-state index in [1.807, 2.05) is 0 Å². The number of hydrogen-bond acceptors (Lipinski definition) is 2. The quantitative estimate of drug-likeness (QED) is 0.810. The largest absolute Gasteiger partial charge is 0.351 e. The lowest BCUT2D eigenvalue weighted by atomic mass is 9.72. The topological polar surface area (TPSA) is 55.1 Å². The molecule has 1 amide bonds. The molecule has 0 heterocycles. The molecule has 3 nitrogen and oxygen atoms in total. The van der Waals surface area contributed by atoms with Crippen molar-refractivity contribution in [3.05, 3.63) is 0 Å². The van der Waals surface area contributed by atoms with E-state index in [0.29, 0.717) is 11.8 Å².